The molecule has 0 aromatic carbocycles. The van der Waals surface area contributed by atoms with Crippen LogP contribution in [-0.2, 0) is 14.6 Å². The molecule has 0 fully saturated rings. The van der Waals surface area contributed by atoms with E-state index >= 15 is 0 Å². The zero-order valence-electron chi connectivity index (χ0n) is 9.25. The van der Waals surface area contributed by atoms with E-state index in [2.05, 4.69) is 5.32 Å². The number of methoxy groups -OCH3 is 1. The highest BCUT2D eigenvalue weighted by molar-refractivity contribution is 7.91. The second-order valence-corrected chi connectivity index (χ2v) is 5.72. The first-order chi connectivity index (χ1) is 6.55. The van der Waals surface area contributed by atoms with Crippen molar-refractivity contribution in [2.24, 2.45) is 0 Å². The summed E-state index contributed by atoms with van der Waals surface area (Å²) in [5.41, 5.74) is 0. The molecule has 0 bridgehead atoms. The molecule has 0 spiro atoms. The van der Waals surface area contributed by atoms with Crippen molar-refractivity contribution >= 4 is 9.84 Å². The Bertz CT molecular complexity index is 226. The Hall–Kier alpha value is -0.130. The summed E-state index contributed by atoms with van der Waals surface area (Å²) in [5, 5.41) is 3.16. The van der Waals surface area contributed by atoms with Crippen molar-refractivity contribution in [2.45, 2.75) is 26.3 Å². The van der Waals surface area contributed by atoms with Gasteiger partial charge in [-0.3, -0.25) is 0 Å². The summed E-state index contributed by atoms with van der Waals surface area (Å²) in [5.74, 6) is 0.430. The topological polar surface area (TPSA) is 55.4 Å². The summed E-state index contributed by atoms with van der Waals surface area (Å²) >= 11 is 0. The van der Waals surface area contributed by atoms with Crippen molar-refractivity contribution in [2.75, 3.05) is 31.8 Å². The lowest BCUT2D eigenvalue weighted by atomic mass is 10.2. The van der Waals surface area contributed by atoms with E-state index in [1.54, 1.807) is 14.0 Å². The predicted octanol–water partition coefficient (Wildman–Crippen LogP) is 0.436. The van der Waals surface area contributed by atoms with E-state index in [1.807, 2.05) is 6.92 Å². The summed E-state index contributed by atoms with van der Waals surface area (Å²) in [6.45, 7) is 4.85. The molecular weight excluding hydrogens is 202 g/mol. The van der Waals surface area contributed by atoms with Crippen LogP contribution in [0.25, 0.3) is 0 Å². The van der Waals surface area contributed by atoms with Crippen LogP contribution >= 0.6 is 0 Å². The molecule has 14 heavy (non-hydrogen) atoms. The van der Waals surface area contributed by atoms with Crippen molar-refractivity contribution < 1.29 is 13.2 Å². The highest BCUT2D eigenvalue weighted by Crippen LogP contribution is 1.92. The van der Waals surface area contributed by atoms with Gasteiger partial charge in [0.1, 0.15) is 0 Å². The molecular formula is C9H21NO3S. The third kappa shape index (κ3) is 6.34. The molecule has 1 N–H and O–H groups in total. The van der Waals surface area contributed by atoms with Gasteiger partial charge in [-0.2, -0.15) is 0 Å². The van der Waals surface area contributed by atoms with E-state index in [4.69, 9.17) is 4.74 Å². The van der Waals surface area contributed by atoms with Gasteiger partial charge in [0.05, 0.1) is 12.4 Å². The number of sulfone groups is 1. The highest BCUT2D eigenvalue weighted by atomic mass is 32.2. The number of ether oxygens (including phenoxy) is 1. The Balaban J connectivity index is 3.71. The number of rotatable bonds is 8. The van der Waals surface area contributed by atoms with Crippen LogP contribution in [0.1, 0.15) is 20.3 Å². The highest BCUT2D eigenvalue weighted by Gasteiger charge is 2.09. The number of nitrogens with one attached hydrogen (secondary N) is 1. The van der Waals surface area contributed by atoms with Crippen LogP contribution in [0.2, 0.25) is 0 Å². The predicted molar refractivity (Wildman–Crippen MR) is 58.3 cm³/mol. The van der Waals surface area contributed by atoms with Crippen LogP contribution < -0.4 is 5.32 Å². The fourth-order valence-electron chi connectivity index (χ4n) is 1.09. The van der Waals surface area contributed by atoms with Crippen LogP contribution in [0.15, 0.2) is 0 Å². The lowest BCUT2D eigenvalue weighted by Crippen LogP contribution is -2.36. The Morgan fingerprint density at radius 1 is 1.36 bits per heavy atom. The average Bonchev–Trinajstić information content (AvgIpc) is 2.16. The Labute approximate surface area is 86.9 Å². The van der Waals surface area contributed by atoms with Gasteiger partial charge in [-0.1, -0.05) is 13.8 Å². The first-order valence-electron chi connectivity index (χ1n) is 4.98. The first-order valence-corrected chi connectivity index (χ1v) is 6.80. The van der Waals surface area contributed by atoms with Crippen LogP contribution in [0.4, 0.5) is 0 Å². The zero-order chi connectivity index (χ0) is 11.0. The molecule has 0 aliphatic heterocycles. The van der Waals surface area contributed by atoms with Gasteiger partial charge < -0.3 is 10.1 Å². The maximum absolute atomic E-state index is 11.2. The van der Waals surface area contributed by atoms with Crippen molar-refractivity contribution in [1.82, 2.24) is 5.32 Å². The fraction of sp³-hybridized carbons (Fsp3) is 1.00. The summed E-state index contributed by atoms with van der Waals surface area (Å²) in [6.07, 6.45) is 0.944. The minimum atomic E-state index is -2.84. The summed E-state index contributed by atoms with van der Waals surface area (Å²) in [7, 11) is -1.20. The molecule has 1 atom stereocenters. The molecule has 5 heteroatoms. The summed E-state index contributed by atoms with van der Waals surface area (Å²) < 4.78 is 27.3. The maximum Gasteiger partial charge on any atom is 0.151 e. The number of hydrogen-bond acceptors (Lipinski definition) is 4. The van der Waals surface area contributed by atoms with Crippen LogP contribution in [0.5, 0.6) is 0 Å². The molecule has 0 aromatic heterocycles. The molecule has 0 aromatic rings. The molecule has 1 unspecified atom stereocenters. The van der Waals surface area contributed by atoms with E-state index in [9.17, 15) is 8.42 Å². The van der Waals surface area contributed by atoms with Crippen molar-refractivity contribution in [1.29, 1.82) is 0 Å². The van der Waals surface area contributed by atoms with Crippen molar-refractivity contribution in [3.63, 3.8) is 0 Å². The van der Waals surface area contributed by atoms with Gasteiger partial charge in [0.2, 0.25) is 0 Å². The second kappa shape index (κ2) is 7.20. The van der Waals surface area contributed by atoms with E-state index in [-0.39, 0.29) is 17.5 Å². The normalized spacial score (nSPS) is 14.2. The Kier molecular flexibility index (Phi) is 7.13. The minimum absolute atomic E-state index is 0.212. The quantitative estimate of drug-likeness (QED) is 0.648. The van der Waals surface area contributed by atoms with Crippen molar-refractivity contribution in [3.05, 3.63) is 0 Å². The van der Waals surface area contributed by atoms with Crippen molar-refractivity contribution in [3.8, 4) is 0 Å². The van der Waals surface area contributed by atoms with Gasteiger partial charge in [-0.15, -0.1) is 0 Å². The molecule has 86 valence electrons. The summed E-state index contributed by atoms with van der Waals surface area (Å²) in [6, 6.07) is 0.257. The molecule has 0 heterocycles. The van der Waals surface area contributed by atoms with E-state index in [0.717, 1.165) is 6.42 Å². The second-order valence-electron chi connectivity index (χ2n) is 3.25. The van der Waals surface area contributed by atoms with Gasteiger partial charge in [0, 0.05) is 25.4 Å². The Morgan fingerprint density at radius 2 is 2.00 bits per heavy atom. The van der Waals surface area contributed by atoms with E-state index < -0.39 is 9.84 Å². The lowest BCUT2D eigenvalue weighted by molar-refractivity contribution is 0.165. The fourth-order valence-corrected chi connectivity index (χ4v) is 1.80. The molecule has 0 aliphatic rings. The monoisotopic (exact) mass is 223 g/mol. The molecule has 0 saturated heterocycles. The van der Waals surface area contributed by atoms with Gasteiger partial charge in [-0.05, 0) is 6.42 Å². The molecule has 0 amide bonds. The molecule has 4 nitrogen and oxygen atoms in total. The maximum atomic E-state index is 11.2. The lowest BCUT2D eigenvalue weighted by Gasteiger charge is -2.15. The van der Waals surface area contributed by atoms with Gasteiger partial charge in [0.15, 0.2) is 9.84 Å². The molecule has 0 saturated carbocycles. The molecule has 0 rings (SSSR count). The van der Waals surface area contributed by atoms with Crippen LogP contribution in [-0.4, -0.2) is 46.2 Å². The SMILES string of the molecule is CCC(COC)NCCS(=O)(=O)CC. The van der Waals surface area contributed by atoms with Gasteiger partial charge >= 0.3 is 0 Å². The van der Waals surface area contributed by atoms with E-state index in [1.165, 1.54) is 0 Å². The third-order valence-electron chi connectivity index (χ3n) is 2.15. The Morgan fingerprint density at radius 3 is 2.43 bits per heavy atom. The van der Waals surface area contributed by atoms with Crippen LogP contribution in [0, 0.1) is 0 Å². The van der Waals surface area contributed by atoms with E-state index in [0.29, 0.717) is 13.2 Å². The standard InChI is InChI=1S/C9H21NO3S/c1-4-9(8-13-3)10-6-7-14(11,12)5-2/h9-10H,4-8H2,1-3H3. The first kappa shape index (κ1) is 13.9. The van der Waals surface area contributed by atoms with Gasteiger partial charge in [0.25, 0.3) is 0 Å². The van der Waals surface area contributed by atoms with Crippen LogP contribution in [0.3, 0.4) is 0 Å². The smallest absolute Gasteiger partial charge is 0.151 e. The number of hydrogen-bond donors (Lipinski definition) is 1. The molecule has 0 radical (unpaired) electrons. The minimum Gasteiger partial charge on any atom is -0.383 e. The largest absolute Gasteiger partial charge is 0.383 e. The average molecular weight is 223 g/mol. The zero-order valence-corrected chi connectivity index (χ0v) is 10.1. The molecule has 0 aliphatic carbocycles. The summed E-state index contributed by atoms with van der Waals surface area (Å²) in [4.78, 5) is 0. The van der Waals surface area contributed by atoms with Gasteiger partial charge in [-0.25, -0.2) is 8.42 Å². The third-order valence-corrected chi connectivity index (χ3v) is 3.85.